The number of furan rings is 2. The van der Waals surface area contributed by atoms with Crippen LogP contribution in [0.2, 0.25) is 0 Å². The van der Waals surface area contributed by atoms with E-state index in [0.717, 1.165) is 11.0 Å². The largest absolute Gasteiger partial charge is 0.464 e. The normalized spacial score (nSPS) is 19.1. The summed E-state index contributed by atoms with van der Waals surface area (Å²) in [7, 11) is -1.17. The molecular formula is C31H36O2P2. The van der Waals surface area contributed by atoms with Gasteiger partial charge in [0.05, 0.1) is 12.5 Å². The molecule has 5 rings (SSSR count). The Hall–Kier alpha value is -2.14. The molecule has 2 aromatic heterocycles. The van der Waals surface area contributed by atoms with Crippen LogP contribution in [0, 0.1) is 33.6 Å². The van der Waals surface area contributed by atoms with Crippen LogP contribution in [0.5, 0.6) is 0 Å². The first kappa shape index (κ1) is 24.5. The van der Waals surface area contributed by atoms with E-state index in [1.54, 1.807) is 0 Å². The standard InChI is InChI=1S/C31H36O2P2/c1-21-15-22(2)18-26(17-21)34(27-19-23(3)16-24(4)20-27)25(5)28-9-6-10-29(28)35(30-11-7-13-32-30)31-12-8-14-33-31/h7-8,11-20,25,28-29H,6,9-10H2,1-5H3/t25-,28?,29?/m0/s1. The number of rotatable bonds is 7. The molecule has 1 aliphatic carbocycles. The molecule has 2 unspecified atom stereocenters. The lowest BCUT2D eigenvalue weighted by atomic mass is 10.0. The summed E-state index contributed by atoms with van der Waals surface area (Å²) >= 11 is 0. The zero-order valence-corrected chi connectivity index (χ0v) is 23.3. The molecule has 2 heterocycles. The fraction of sp³-hybridized carbons (Fsp3) is 0.355. The smallest absolute Gasteiger partial charge is 0.133 e. The van der Waals surface area contributed by atoms with Crippen molar-refractivity contribution in [3.8, 4) is 0 Å². The molecule has 2 aromatic carbocycles. The summed E-state index contributed by atoms with van der Waals surface area (Å²) in [5.74, 6) is 0.629. The minimum absolute atomic E-state index is 0.505. The van der Waals surface area contributed by atoms with Gasteiger partial charge in [-0.3, -0.25) is 0 Å². The van der Waals surface area contributed by atoms with Crippen molar-refractivity contribution in [2.24, 2.45) is 5.92 Å². The highest BCUT2D eigenvalue weighted by atomic mass is 31.1. The molecule has 1 aliphatic rings. The van der Waals surface area contributed by atoms with Crippen LogP contribution in [0.1, 0.15) is 48.4 Å². The first-order chi connectivity index (χ1) is 16.9. The van der Waals surface area contributed by atoms with Gasteiger partial charge in [0.1, 0.15) is 11.0 Å². The van der Waals surface area contributed by atoms with E-state index in [1.165, 1.54) is 52.1 Å². The second-order valence-corrected chi connectivity index (χ2v) is 15.1. The number of benzene rings is 2. The maximum absolute atomic E-state index is 6.03. The second kappa shape index (κ2) is 10.5. The van der Waals surface area contributed by atoms with E-state index >= 15 is 0 Å². The summed E-state index contributed by atoms with van der Waals surface area (Å²) in [6, 6.07) is 22.7. The van der Waals surface area contributed by atoms with Crippen LogP contribution >= 0.6 is 15.8 Å². The highest BCUT2D eigenvalue weighted by Gasteiger charge is 2.43. The Morgan fingerprint density at radius 3 is 1.63 bits per heavy atom. The van der Waals surface area contributed by atoms with Crippen LogP contribution in [0.3, 0.4) is 0 Å². The molecule has 3 atom stereocenters. The Bertz CT molecular complexity index is 1130. The van der Waals surface area contributed by atoms with Crippen LogP contribution in [-0.2, 0) is 0 Å². The molecule has 0 spiro atoms. The molecule has 1 saturated carbocycles. The fourth-order valence-corrected chi connectivity index (χ4v) is 12.5. The Kier molecular flexibility index (Phi) is 7.34. The van der Waals surface area contributed by atoms with Gasteiger partial charge in [0.15, 0.2) is 0 Å². The predicted octanol–water partition coefficient (Wildman–Crippen LogP) is 7.23. The van der Waals surface area contributed by atoms with E-state index in [0.29, 0.717) is 17.2 Å². The van der Waals surface area contributed by atoms with Gasteiger partial charge in [-0.2, -0.15) is 0 Å². The zero-order chi connectivity index (χ0) is 24.5. The Labute approximate surface area is 212 Å². The first-order valence-corrected chi connectivity index (χ1v) is 15.5. The van der Waals surface area contributed by atoms with Crippen molar-refractivity contribution < 1.29 is 8.83 Å². The van der Waals surface area contributed by atoms with Crippen LogP contribution < -0.4 is 21.6 Å². The van der Waals surface area contributed by atoms with Crippen molar-refractivity contribution in [3.63, 3.8) is 0 Å². The summed E-state index contributed by atoms with van der Waals surface area (Å²) in [5.41, 5.74) is 8.78. The second-order valence-electron chi connectivity index (χ2n) is 10.2. The summed E-state index contributed by atoms with van der Waals surface area (Å²) in [6.07, 6.45) is 7.44. The van der Waals surface area contributed by atoms with Crippen molar-refractivity contribution >= 4 is 37.5 Å². The third kappa shape index (κ3) is 5.21. The predicted molar refractivity (Wildman–Crippen MR) is 152 cm³/mol. The number of aryl methyl sites for hydroxylation is 4. The van der Waals surface area contributed by atoms with Crippen molar-refractivity contribution in [3.05, 3.63) is 95.4 Å². The van der Waals surface area contributed by atoms with E-state index in [-0.39, 0.29) is 0 Å². The van der Waals surface area contributed by atoms with E-state index in [9.17, 15) is 0 Å². The van der Waals surface area contributed by atoms with Gasteiger partial charge in [-0.05, 0) is 101 Å². The molecule has 0 amide bonds. The number of hydrogen-bond donors (Lipinski definition) is 0. The molecule has 1 fully saturated rings. The molecule has 0 bridgehead atoms. The molecular weight excluding hydrogens is 466 g/mol. The lowest BCUT2D eigenvalue weighted by Gasteiger charge is -2.36. The summed E-state index contributed by atoms with van der Waals surface area (Å²) in [4.78, 5) is 0. The highest BCUT2D eigenvalue weighted by Crippen LogP contribution is 2.56. The monoisotopic (exact) mass is 502 g/mol. The average molecular weight is 503 g/mol. The van der Waals surface area contributed by atoms with Gasteiger partial charge in [-0.1, -0.05) is 72.0 Å². The summed E-state index contributed by atoms with van der Waals surface area (Å²) < 4.78 is 12.1. The van der Waals surface area contributed by atoms with Gasteiger partial charge in [-0.25, -0.2) is 0 Å². The van der Waals surface area contributed by atoms with Gasteiger partial charge >= 0.3 is 0 Å². The third-order valence-electron chi connectivity index (χ3n) is 7.35. The third-order valence-corrected chi connectivity index (χ3v) is 12.9. The molecule has 35 heavy (non-hydrogen) atoms. The summed E-state index contributed by atoms with van der Waals surface area (Å²) in [5, 5.41) is 3.03. The van der Waals surface area contributed by atoms with E-state index in [1.807, 2.05) is 24.7 Å². The minimum atomic E-state index is -0.660. The molecule has 0 radical (unpaired) electrons. The lowest BCUT2D eigenvalue weighted by molar-refractivity contribution is 0.540. The Balaban J connectivity index is 1.58. The summed E-state index contributed by atoms with van der Waals surface area (Å²) in [6.45, 7) is 11.5. The van der Waals surface area contributed by atoms with Gasteiger partial charge in [0.2, 0.25) is 0 Å². The van der Waals surface area contributed by atoms with Crippen molar-refractivity contribution in [1.29, 1.82) is 0 Å². The topological polar surface area (TPSA) is 26.3 Å². The lowest BCUT2D eigenvalue weighted by Crippen LogP contribution is -2.33. The van der Waals surface area contributed by atoms with Gasteiger partial charge in [0.25, 0.3) is 0 Å². The zero-order valence-electron chi connectivity index (χ0n) is 21.5. The van der Waals surface area contributed by atoms with Crippen molar-refractivity contribution in [2.45, 2.75) is 65.2 Å². The van der Waals surface area contributed by atoms with E-state index in [4.69, 9.17) is 8.83 Å². The molecule has 0 aliphatic heterocycles. The van der Waals surface area contributed by atoms with Gasteiger partial charge in [-0.15, -0.1) is 0 Å². The van der Waals surface area contributed by atoms with Crippen LogP contribution in [-0.4, -0.2) is 11.3 Å². The van der Waals surface area contributed by atoms with Crippen LogP contribution in [0.15, 0.2) is 82.0 Å². The maximum Gasteiger partial charge on any atom is 0.133 e. The van der Waals surface area contributed by atoms with Crippen LogP contribution in [0.4, 0.5) is 0 Å². The van der Waals surface area contributed by atoms with Gasteiger partial charge in [0, 0.05) is 7.92 Å². The van der Waals surface area contributed by atoms with Crippen molar-refractivity contribution in [1.82, 2.24) is 0 Å². The Morgan fingerprint density at radius 1 is 0.714 bits per heavy atom. The molecule has 182 valence electrons. The number of hydrogen-bond acceptors (Lipinski definition) is 2. The van der Waals surface area contributed by atoms with Crippen LogP contribution in [0.25, 0.3) is 0 Å². The molecule has 2 nitrogen and oxygen atoms in total. The molecule has 0 N–H and O–H groups in total. The first-order valence-electron chi connectivity index (χ1n) is 12.7. The maximum atomic E-state index is 6.03. The van der Waals surface area contributed by atoms with E-state index < -0.39 is 15.8 Å². The average Bonchev–Trinajstić information content (AvgIpc) is 3.57. The fourth-order valence-electron chi connectivity index (χ4n) is 6.09. The van der Waals surface area contributed by atoms with E-state index in [2.05, 4.69) is 83.1 Å². The quantitative estimate of drug-likeness (QED) is 0.249. The van der Waals surface area contributed by atoms with Gasteiger partial charge < -0.3 is 8.83 Å². The van der Waals surface area contributed by atoms with Crippen molar-refractivity contribution in [2.75, 3.05) is 0 Å². The highest BCUT2D eigenvalue weighted by molar-refractivity contribution is 7.74. The molecule has 0 saturated heterocycles. The Morgan fingerprint density at radius 2 is 1.20 bits per heavy atom. The minimum Gasteiger partial charge on any atom is -0.464 e. The molecule has 4 heteroatoms. The molecule has 4 aromatic rings. The SMILES string of the molecule is Cc1cc(C)cc(P(c2cc(C)cc(C)c2)[C@@H](C)C2CCCC2P(c2ccco2)c2ccco2)c1.